The van der Waals surface area contributed by atoms with Gasteiger partial charge in [-0.05, 0) is 12.8 Å². The predicted octanol–water partition coefficient (Wildman–Crippen LogP) is 2.40. The van der Waals surface area contributed by atoms with Crippen LogP contribution in [0, 0.1) is 0 Å². The van der Waals surface area contributed by atoms with E-state index in [-0.39, 0.29) is 22.9 Å². The fraction of sp³-hybridized carbons (Fsp3) is 1.00. The molecule has 0 saturated heterocycles. The van der Waals surface area contributed by atoms with Gasteiger partial charge in [0, 0.05) is 22.9 Å². The molecule has 0 aromatic carbocycles. The standard InChI is InChI=1S/C7H17O3P.Co/c1-3-5-6-10-11(8,9)7-4-2;/h3-7H2,1-2H3,(H,8,9);. The Hall–Kier alpha value is 0.656. The van der Waals surface area contributed by atoms with Crippen LogP contribution in [0.3, 0.4) is 0 Å². The molecule has 0 spiro atoms. The average molecular weight is 239 g/mol. The Bertz CT molecular complexity index is 141. The van der Waals surface area contributed by atoms with Crippen LogP contribution in [0.5, 0.6) is 0 Å². The Kier molecular flexibility index (Phi) is 10.4. The third-order valence-corrected chi connectivity index (χ3v) is 2.90. The smallest absolute Gasteiger partial charge is 0.324 e. The summed E-state index contributed by atoms with van der Waals surface area (Å²) in [5.74, 6) is 0. The summed E-state index contributed by atoms with van der Waals surface area (Å²) in [5, 5.41) is 0. The SMILES string of the molecule is CCCCOP(=O)(O)CCC.[Co]. The quantitative estimate of drug-likeness (QED) is 0.571. The molecule has 1 atom stereocenters. The monoisotopic (exact) mass is 239 g/mol. The molecular weight excluding hydrogens is 222 g/mol. The summed E-state index contributed by atoms with van der Waals surface area (Å²) in [7, 11) is -3.22. The van der Waals surface area contributed by atoms with Gasteiger partial charge in [0.2, 0.25) is 0 Å². The van der Waals surface area contributed by atoms with Crippen molar-refractivity contribution in [2.45, 2.75) is 33.1 Å². The van der Waals surface area contributed by atoms with Crippen LogP contribution in [0.4, 0.5) is 0 Å². The van der Waals surface area contributed by atoms with Crippen LogP contribution >= 0.6 is 7.60 Å². The first kappa shape index (κ1) is 15.1. The summed E-state index contributed by atoms with van der Waals surface area (Å²) in [6, 6.07) is 0. The van der Waals surface area contributed by atoms with Crippen LogP contribution in [0.2, 0.25) is 0 Å². The minimum absolute atomic E-state index is 0. The van der Waals surface area contributed by atoms with Gasteiger partial charge in [0.15, 0.2) is 0 Å². The summed E-state index contributed by atoms with van der Waals surface area (Å²) in [6.07, 6.45) is 2.82. The molecule has 0 heterocycles. The minimum Gasteiger partial charge on any atom is -0.324 e. The molecule has 0 bridgehead atoms. The molecule has 0 aliphatic rings. The molecular formula is C7H17CoO3P. The van der Waals surface area contributed by atoms with Crippen molar-refractivity contribution in [1.29, 1.82) is 0 Å². The second-order valence-electron chi connectivity index (χ2n) is 2.55. The zero-order chi connectivity index (χ0) is 8.74. The molecule has 0 aliphatic carbocycles. The van der Waals surface area contributed by atoms with Gasteiger partial charge in [0.25, 0.3) is 0 Å². The normalized spacial score (nSPS) is 14.9. The van der Waals surface area contributed by atoms with Gasteiger partial charge in [-0.25, -0.2) is 0 Å². The van der Waals surface area contributed by atoms with Crippen molar-refractivity contribution in [1.82, 2.24) is 0 Å². The second kappa shape index (κ2) is 8.26. The number of hydrogen-bond acceptors (Lipinski definition) is 2. The molecule has 0 fully saturated rings. The van der Waals surface area contributed by atoms with Crippen molar-refractivity contribution in [3.63, 3.8) is 0 Å². The fourth-order valence-electron chi connectivity index (χ4n) is 0.699. The van der Waals surface area contributed by atoms with Crippen molar-refractivity contribution in [2.75, 3.05) is 12.8 Å². The second-order valence-corrected chi connectivity index (χ2v) is 4.53. The maximum Gasteiger partial charge on any atom is 0.328 e. The molecule has 0 aromatic rings. The van der Waals surface area contributed by atoms with Crippen molar-refractivity contribution in [3.8, 4) is 0 Å². The van der Waals surface area contributed by atoms with E-state index in [2.05, 4.69) is 0 Å². The van der Waals surface area contributed by atoms with E-state index in [0.717, 1.165) is 12.8 Å². The molecule has 0 amide bonds. The Morgan fingerprint density at radius 3 is 2.33 bits per heavy atom. The first-order valence-corrected chi connectivity index (χ1v) is 5.85. The molecule has 0 aromatic heterocycles. The van der Waals surface area contributed by atoms with Gasteiger partial charge in [-0.15, -0.1) is 0 Å². The topological polar surface area (TPSA) is 46.5 Å². The van der Waals surface area contributed by atoms with Gasteiger partial charge in [-0.1, -0.05) is 20.3 Å². The van der Waals surface area contributed by atoms with Gasteiger partial charge in [-0.2, -0.15) is 0 Å². The van der Waals surface area contributed by atoms with E-state index >= 15 is 0 Å². The Labute approximate surface area is 84.6 Å². The van der Waals surface area contributed by atoms with Crippen LogP contribution in [0.1, 0.15) is 33.1 Å². The molecule has 0 saturated carbocycles. The van der Waals surface area contributed by atoms with E-state index in [1.807, 2.05) is 13.8 Å². The van der Waals surface area contributed by atoms with Crippen molar-refractivity contribution >= 4 is 7.60 Å². The molecule has 3 nitrogen and oxygen atoms in total. The van der Waals surface area contributed by atoms with Crippen LogP contribution in [-0.4, -0.2) is 17.7 Å². The molecule has 77 valence electrons. The maximum atomic E-state index is 11.0. The first-order valence-electron chi connectivity index (χ1n) is 4.08. The first-order chi connectivity index (χ1) is 5.12. The van der Waals surface area contributed by atoms with Crippen LogP contribution in [0.25, 0.3) is 0 Å². The molecule has 1 N–H and O–H groups in total. The Balaban J connectivity index is 0. The van der Waals surface area contributed by atoms with Gasteiger partial charge < -0.3 is 9.42 Å². The van der Waals surface area contributed by atoms with E-state index in [4.69, 9.17) is 9.42 Å². The molecule has 0 aliphatic heterocycles. The summed E-state index contributed by atoms with van der Waals surface area (Å²) in [6.45, 7) is 4.29. The maximum absolute atomic E-state index is 11.0. The Morgan fingerprint density at radius 2 is 1.92 bits per heavy atom. The average Bonchev–Trinajstić information content (AvgIpc) is 1.87. The van der Waals surface area contributed by atoms with Gasteiger partial charge >= 0.3 is 7.60 Å². The van der Waals surface area contributed by atoms with E-state index in [9.17, 15) is 4.57 Å². The molecule has 1 radical (unpaired) electrons. The number of hydrogen-bond donors (Lipinski definition) is 1. The van der Waals surface area contributed by atoms with Crippen LogP contribution in [0.15, 0.2) is 0 Å². The van der Waals surface area contributed by atoms with Gasteiger partial charge in [-0.3, -0.25) is 4.57 Å². The molecule has 12 heavy (non-hydrogen) atoms. The van der Waals surface area contributed by atoms with Crippen LogP contribution < -0.4 is 0 Å². The van der Waals surface area contributed by atoms with Crippen LogP contribution in [-0.2, 0) is 25.9 Å². The minimum atomic E-state index is -3.22. The number of unbranched alkanes of at least 4 members (excludes halogenated alkanes) is 1. The van der Waals surface area contributed by atoms with E-state index in [1.165, 1.54) is 0 Å². The predicted molar refractivity (Wildman–Crippen MR) is 45.8 cm³/mol. The molecule has 5 heteroatoms. The summed E-state index contributed by atoms with van der Waals surface area (Å²) >= 11 is 0. The van der Waals surface area contributed by atoms with Gasteiger partial charge in [0.1, 0.15) is 0 Å². The van der Waals surface area contributed by atoms with E-state index < -0.39 is 7.60 Å². The fourth-order valence-corrected chi connectivity index (χ4v) is 1.81. The Morgan fingerprint density at radius 1 is 1.33 bits per heavy atom. The zero-order valence-electron chi connectivity index (χ0n) is 7.58. The van der Waals surface area contributed by atoms with Crippen molar-refractivity contribution in [2.24, 2.45) is 0 Å². The third-order valence-electron chi connectivity index (χ3n) is 1.30. The van der Waals surface area contributed by atoms with Crippen molar-refractivity contribution in [3.05, 3.63) is 0 Å². The zero-order valence-corrected chi connectivity index (χ0v) is 9.52. The molecule has 1 unspecified atom stereocenters. The summed E-state index contributed by atoms with van der Waals surface area (Å²) in [4.78, 5) is 9.07. The molecule has 0 rings (SSSR count). The van der Waals surface area contributed by atoms with Gasteiger partial charge in [0.05, 0.1) is 6.61 Å². The third kappa shape index (κ3) is 8.75. The van der Waals surface area contributed by atoms with Crippen molar-refractivity contribution < 1.29 is 30.8 Å². The van der Waals surface area contributed by atoms with E-state index in [0.29, 0.717) is 13.0 Å². The number of rotatable bonds is 6. The summed E-state index contributed by atoms with van der Waals surface area (Å²) in [5.41, 5.74) is 0. The summed E-state index contributed by atoms with van der Waals surface area (Å²) < 4.78 is 15.8. The van der Waals surface area contributed by atoms with E-state index in [1.54, 1.807) is 0 Å². The largest absolute Gasteiger partial charge is 0.328 e.